The van der Waals surface area contributed by atoms with Crippen LogP contribution in [0.4, 0.5) is 11.4 Å². The Morgan fingerprint density at radius 3 is 1.26 bits per heavy atom. The first kappa shape index (κ1) is 27.4. The highest BCUT2D eigenvalue weighted by Crippen LogP contribution is 2.32. The van der Waals surface area contributed by atoms with Gasteiger partial charge >= 0.3 is 0 Å². The van der Waals surface area contributed by atoms with Crippen molar-refractivity contribution in [3.8, 4) is 0 Å². The van der Waals surface area contributed by atoms with Gasteiger partial charge in [-0.15, -0.1) is 0 Å². The fourth-order valence-electron chi connectivity index (χ4n) is 4.97. The molecule has 38 heavy (non-hydrogen) atoms. The Morgan fingerprint density at radius 2 is 0.895 bits per heavy atom. The van der Waals surface area contributed by atoms with Crippen LogP contribution in [0.5, 0.6) is 0 Å². The molecule has 198 valence electrons. The second kappa shape index (κ2) is 13.8. The second-order valence-corrected chi connectivity index (χ2v) is 10.2. The summed E-state index contributed by atoms with van der Waals surface area (Å²) in [6.45, 7) is 4.45. The van der Waals surface area contributed by atoms with Crippen LogP contribution in [0.1, 0.15) is 76.3 Å². The van der Waals surface area contributed by atoms with Gasteiger partial charge in [0.1, 0.15) is 0 Å². The van der Waals surface area contributed by atoms with Gasteiger partial charge < -0.3 is 10.6 Å². The van der Waals surface area contributed by atoms with Crippen LogP contribution in [0.15, 0.2) is 95.4 Å². The summed E-state index contributed by atoms with van der Waals surface area (Å²) in [5.74, 6) is -0.332. The van der Waals surface area contributed by atoms with Crippen LogP contribution in [0.2, 0.25) is 0 Å². The molecule has 0 spiro atoms. The van der Waals surface area contributed by atoms with Crippen molar-refractivity contribution in [2.45, 2.75) is 78.1 Å². The molecule has 2 aliphatic rings. The molecule has 0 saturated heterocycles. The second-order valence-electron chi connectivity index (χ2n) is 10.2. The maximum atomic E-state index is 13.0. The van der Waals surface area contributed by atoms with E-state index in [4.69, 9.17) is 0 Å². The number of carbonyl (C=O) groups excluding carboxylic acids is 2. The molecule has 2 aliphatic carbocycles. The van der Waals surface area contributed by atoms with E-state index >= 15 is 0 Å². The van der Waals surface area contributed by atoms with Gasteiger partial charge in [-0.1, -0.05) is 76.6 Å². The summed E-state index contributed by atoms with van der Waals surface area (Å²) in [6, 6.07) is 16.7. The first-order valence-electron chi connectivity index (χ1n) is 14.2. The molecule has 0 aromatic heterocycles. The minimum atomic E-state index is -0.166. The highest BCUT2D eigenvalue weighted by molar-refractivity contribution is 6.23. The minimum absolute atomic E-state index is 0.166. The van der Waals surface area contributed by atoms with Crippen molar-refractivity contribution in [3.05, 3.63) is 107 Å². The van der Waals surface area contributed by atoms with E-state index in [0.29, 0.717) is 22.5 Å². The van der Waals surface area contributed by atoms with Crippen molar-refractivity contribution in [2.24, 2.45) is 0 Å². The predicted molar refractivity (Wildman–Crippen MR) is 158 cm³/mol. The van der Waals surface area contributed by atoms with Crippen LogP contribution in [0, 0.1) is 0 Å². The highest BCUT2D eigenvalue weighted by Gasteiger charge is 2.30. The van der Waals surface area contributed by atoms with Crippen LogP contribution in [0.3, 0.4) is 0 Å². The van der Waals surface area contributed by atoms with Gasteiger partial charge in [-0.05, 0) is 85.4 Å². The Balaban J connectivity index is 1.49. The van der Waals surface area contributed by atoms with Crippen molar-refractivity contribution in [3.63, 3.8) is 0 Å². The van der Waals surface area contributed by atoms with Crippen molar-refractivity contribution >= 4 is 22.9 Å². The van der Waals surface area contributed by atoms with Crippen LogP contribution < -0.4 is 10.6 Å². The Kier molecular flexibility index (Phi) is 9.91. The largest absolute Gasteiger partial charge is 0.355 e. The van der Waals surface area contributed by atoms with E-state index in [1.807, 2.05) is 24.3 Å². The number of ketones is 2. The predicted octanol–water partition coefficient (Wildman–Crippen LogP) is 8.24. The summed E-state index contributed by atoms with van der Waals surface area (Å²) in [7, 11) is 0. The fraction of sp³-hybridized carbons (Fsp3) is 0.353. The maximum absolute atomic E-state index is 13.0. The van der Waals surface area contributed by atoms with E-state index in [-0.39, 0.29) is 11.6 Å². The molecule has 0 unspecified atom stereocenters. The molecule has 0 bridgehead atoms. The standard InChI is InChI=1S/C34H40N2O2/c1-3-5-7-9-11-25-13-17-27(18-14-25)35-29-21-23-32(38)34-30(22-24-31(37)33(29)34)36-28-19-15-26(16-20-28)12-10-8-6-4-2/h13-24,35-36H,3-12H2,1-2H3. The smallest absolute Gasteiger partial charge is 0.188 e. The van der Waals surface area contributed by atoms with Crippen LogP contribution >= 0.6 is 0 Å². The molecule has 0 saturated carbocycles. The minimum Gasteiger partial charge on any atom is -0.355 e. The van der Waals surface area contributed by atoms with Gasteiger partial charge in [0.2, 0.25) is 0 Å². The highest BCUT2D eigenvalue weighted by atomic mass is 16.1. The van der Waals surface area contributed by atoms with Gasteiger partial charge in [-0.3, -0.25) is 9.59 Å². The lowest BCUT2D eigenvalue weighted by Crippen LogP contribution is -2.24. The summed E-state index contributed by atoms with van der Waals surface area (Å²) in [5.41, 5.74) is 6.54. The van der Waals surface area contributed by atoms with Gasteiger partial charge in [0.15, 0.2) is 11.6 Å². The number of unbranched alkanes of at least 4 members (excludes halogenated alkanes) is 6. The Hall–Kier alpha value is -3.66. The summed E-state index contributed by atoms with van der Waals surface area (Å²) in [5, 5.41) is 6.76. The topological polar surface area (TPSA) is 58.2 Å². The monoisotopic (exact) mass is 508 g/mol. The molecule has 4 nitrogen and oxygen atoms in total. The zero-order valence-electron chi connectivity index (χ0n) is 22.8. The van der Waals surface area contributed by atoms with E-state index in [1.54, 1.807) is 12.2 Å². The van der Waals surface area contributed by atoms with E-state index in [2.05, 4.69) is 48.7 Å². The molecule has 4 heteroatoms. The Labute approximate surface area is 227 Å². The first-order chi connectivity index (χ1) is 18.6. The summed E-state index contributed by atoms with van der Waals surface area (Å²) >= 11 is 0. The molecule has 0 heterocycles. The average molecular weight is 509 g/mol. The van der Waals surface area contributed by atoms with Gasteiger partial charge in [0, 0.05) is 11.4 Å². The number of benzene rings is 2. The van der Waals surface area contributed by atoms with Crippen molar-refractivity contribution in [1.82, 2.24) is 0 Å². The molecular weight excluding hydrogens is 468 g/mol. The quantitative estimate of drug-likeness (QED) is 0.252. The number of allylic oxidation sites excluding steroid dienone is 6. The summed E-state index contributed by atoms with van der Waals surface area (Å²) < 4.78 is 0. The molecule has 0 aliphatic heterocycles. The molecule has 2 aromatic rings. The van der Waals surface area contributed by atoms with Gasteiger partial charge in [0.05, 0.1) is 22.5 Å². The van der Waals surface area contributed by atoms with Gasteiger partial charge in [0.25, 0.3) is 0 Å². The van der Waals surface area contributed by atoms with E-state index in [0.717, 1.165) is 24.2 Å². The van der Waals surface area contributed by atoms with E-state index in [9.17, 15) is 9.59 Å². The number of rotatable bonds is 14. The summed E-state index contributed by atoms with van der Waals surface area (Å²) in [4.78, 5) is 25.9. The fourth-order valence-corrected chi connectivity index (χ4v) is 4.97. The van der Waals surface area contributed by atoms with Crippen LogP contribution in [-0.4, -0.2) is 11.6 Å². The van der Waals surface area contributed by atoms with Gasteiger partial charge in [-0.25, -0.2) is 0 Å². The Bertz CT molecular complexity index is 1140. The number of hydrogen-bond donors (Lipinski definition) is 2. The first-order valence-corrected chi connectivity index (χ1v) is 14.2. The lowest BCUT2D eigenvalue weighted by molar-refractivity contribution is -0.114. The molecule has 0 amide bonds. The van der Waals surface area contributed by atoms with E-state index in [1.165, 1.54) is 74.6 Å². The Morgan fingerprint density at radius 1 is 0.500 bits per heavy atom. The molecular formula is C34H40N2O2. The normalized spacial score (nSPS) is 14.8. The number of carbonyl (C=O) groups is 2. The van der Waals surface area contributed by atoms with Crippen LogP contribution in [-0.2, 0) is 22.4 Å². The van der Waals surface area contributed by atoms with Crippen LogP contribution in [0.25, 0.3) is 0 Å². The third kappa shape index (κ3) is 7.22. The average Bonchev–Trinajstić information content (AvgIpc) is 2.93. The molecule has 0 radical (unpaired) electrons. The molecule has 2 N–H and O–H groups in total. The third-order valence-corrected chi connectivity index (χ3v) is 7.19. The zero-order valence-corrected chi connectivity index (χ0v) is 22.8. The van der Waals surface area contributed by atoms with Crippen molar-refractivity contribution in [1.29, 1.82) is 0 Å². The molecule has 4 rings (SSSR count). The number of aryl methyl sites for hydroxylation is 2. The zero-order chi connectivity index (χ0) is 26.7. The maximum Gasteiger partial charge on any atom is 0.188 e. The lowest BCUT2D eigenvalue weighted by Gasteiger charge is -2.23. The van der Waals surface area contributed by atoms with Crippen molar-refractivity contribution < 1.29 is 9.59 Å². The summed E-state index contributed by atoms with van der Waals surface area (Å²) in [6.07, 6.45) is 18.6. The number of nitrogens with one attached hydrogen (secondary N) is 2. The number of anilines is 2. The lowest BCUT2D eigenvalue weighted by atomic mass is 9.86. The molecule has 2 aromatic carbocycles. The number of fused-ring (bicyclic) bond motifs is 1. The third-order valence-electron chi connectivity index (χ3n) is 7.19. The van der Waals surface area contributed by atoms with E-state index < -0.39 is 0 Å². The number of hydrogen-bond acceptors (Lipinski definition) is 4. The molecule has 0 atom stereocenters. The van der Waals surface area contributed by atoms with Gasteiger partial charge in [-0.2, -0.15) is 0 Å². The molecule has 0 fully saturated rings. The van der Waals surface area contributed by atoms with Crippen molar-refractivity contribution in [2.75, 3.05) is 10.6 Å². The SMILES string of the molecule is CCCCCCc1ccc(NC2=C3C(=O)C=CC(Nc4ccc(CCCCCC)cc4)=C3C(=O)C=C2)cc1.